The zero-order chi connectivity index (χ0) is 12.4. The fourth-order valence-corrected chi connectivity index (χ4v) is 2.20. The number of nitrogens with zero attached hydrogens (tertiary/aromatic N) is 1. The molecule has 17 heavy (non-hydrogen) atoms. The van der Waals surface area contributed by atoms with E-state index < -0.39 is 24.2 Å². The van der Waals surface area contributed by atoms with Gasteiger partial charge < -0.3 is 25.2 Å². The Kier molecular flexibility index (Phi) is 3.60. The van der Waals surface area contributed by atoms with Gasteiger partial charge in [0.2, 0.25) is 0 Å². The topological polar surface area (TPSA) is 99.1 Å². The Labute approximate surface area is 98.3 Å². The Bertz CT molecular complexity index is 316. The third-order valence-electron chi connectivity index (χ3n) is 3.05. The second-order valence-electron chi connectivity index (χ2n) is 4.30. The molecule has 7 nitrogen and oxygen atoms in total. The Morgan fingerprint density at radius 2 is 2.18 bits per heavy atom. The summed E-state index contributed by atoms with van der Waals surface area (Å²) in [5.41, 5.74) is 0. The summed E-state index contributed by atoms with van der Waals surface area (Å²) in [7, 11) is 0. The molecule has 1 unspecified atom stereocenters. The van der Waals surface area contributed by atoms with E-state index in [4.69, 9.17) is 9.84 Å². The molecule has 0 radical (unpaired) electrons. The van der Waals surface area contributed by atoms with Crippen LogP contribution < -0.4 is 5.32 Å². The smallest absolute Gasteiger partial charge is 0.326 e. The van der Waals surface area contributed by atoms with E-state index in [0.29, 0.717) is 19.7 Å². The van der Waals surface area contributed by atoms with E-state index in [0.717, 1.165) is 0 Å². The Morgan fingerprint density at radius 3 is 2.76 bits per heavy atom. The Hall–Kier alpha value is -1.18. The first-order valence-electron chi connectivity index (χ1n) is 5.63. The van der Waals surface area contributed by atoms with E-state index in [9.17, 15) is 14.7 Å². The SMILES string of the molecule is O=C(O)[C@@H]1C[C@H](O)CN1C(=O)C1CNCCO1. The maximum Gasteiger partial charge on any atom is 0.326 e. The van der Waals surface area contributed by atoms with Gasteiger partial charge in [-0.25, -0.2) is 4.79 Å². The number of carboxylic acid groups (broad SMARTS) is 1. The lowest BCUT2D eigenvalue weighted by Crippen LogP contribution is -2.52. The molecule has 0 aromatic carbocycles. The van der Waals surface area contributed by atoms with Crippen molar-refractivity contribution < 1.29 is 24.5 Å². The van der Waals surface area contributed by atoms with Gasteiger partial charge in [0.15, 0.2) is 0 Å². The molecule has 7 heteroatoms. The highest BCUT2D eigenvalue weighted by atomic mass is 16.5. The van der Waals surface area contributed by atoms with Crippen LogP contribution in [0, 0.1) is 0 Å². The third-order valence-corrected chi connectivity index (χ3v) is 3.05. The number of amides is 1. The van der Waals surface area contributed by atoms with Gasteiger partial charge in [-0.1, -0.05) is 0 Å². The van der Waals surface area contributed by atoms with E-state index in [2.05, 4.69) is 5.32 Å². The average molecular weight is 244 g/mol. The summed E-state index contributed by atoms with van der Waals surface area (Å²) in [6.07, 6.45) is -1.33. The molecule has 2 fully saturated rings. The summed E-state index contributed by atoms with van der Waals surface area (Å²) in [5, 5.41) is 21.5. The van der Waals surface area contributed by atoms with Crippen LogP contribution in [0.4, 0.5) is 0 Å². The van der Waals surface area contributed by atoms with Crippen molar-refractivity contribution >= 4 is 11.9 Å². The molecule has 0 saturated carbocycles. The van der Waals surface area contributed by atoms with Gasteiger partial charge >= 0.3 is 5.97 Å². The molecular formula is C10H16N2O5. The Balaban J connectivity index is 2.04. The summed E-state index contributed by atoms with van der Waals surface area (Å²) >= 11 is 0. The normalized spacial score (nSPS) is 33.7. The summed E-state index contributed by atoms with van der Waals surface area (Å²) in [4.78, 5) is 24.2. The molecule has 3 atom stereocenters. The quantitative estimate of drug-likeness (QED) is 0.520. The number of hydrogen-bond donors (Lipinski definition) is 3. The maximum absolute atomic E-state index is 12.0. The Morgan fingerprint density at radius 1 is 1.41 bits per heavy atom. The van der Waals surface area contributed by atoms with E-state index in [1.54, 1.807) is 0 Å². The predicted molar refractivity (Wildman–Crippen MR) is 56.4 cm³/mol. The van der Waals surface area contributed by atoms with Crippen LogP contribution in [0.1, 0.15) is 6.42 Å². The summed E-state index contributed by atoms with van der Waals surface area (Å²) in [6.45, 7) is 1.58. The fraction of sp³-hybridized carbons (Fsp3) is 0.800. The number of ether oxygens (including phenoxy) is 1. The largest absolute Gasteiger partial charge is 0.480 e. The molecule has 2 rings (SSSR count). The molecule has 0 aliphatic carbocycles. The number of aliphatic hydroxyl groups excluding tert-OH is 1. The van der Waals surface area contributed by atoms with Crippen molar-refractivity contribution in [2.24, 2.45) is 0 Å². The fourth-order valence-electron chi connectivity index (χ4n) is 2.20. The van der Waals surface area contributed by atoms with Crippen molar-refractivity contribution in [2.75, 3.05) is 26.2 Å². The second-order valence-corrected chi connectivity index (χ2v) is 4.30. The standard InChI is InChI=1S/C10H16N2O5/c13-6-3-7(10(15)16)12(5-6)9(14)8-4-11-1-2-17-8/h6-8,11,13H,1-5H2,(H,15,16)/t6-,7-,8?/m0/s1. The molecule has 0 aromatic heterocycles. The minimum absolute atomic E-state index is 0.0651. The van der Waals surface area contributed by atoms with Gasteiger partial charge in [-0.15, -0.1) is 0 Å². The molecule has 0 spiro atoms. The number of morpholine rings is 1. The predicted octanol–water partition coefficient (Wildman–Crippen LogP) is -1.98. The van der Waals surface area contributed by atoms with Crippen molar-refractivity contribution in [2.45, 2.75) is 24.7 Å². The number of carbonyl (C=O) groups excluding carboxylic acids is 1. The summed E-state index contributed by atoms with van der Waals surface area (Å²) < 4.78 is 5.29. The van der Waals surface area contributed by atoms with Gasteiger partial charge in [0.1, 0.15) is 12.1 Å². The van der Waals surface area contributed by atoms with Crippen LogP contribution in [-0.2, 0) is 14.3 Å². The lowest BCUT2D eigenvalue weighted by atomic mass is 10.2. The highest BCUT2D eigenvalue weighted by Gasteiger charge is 2.41. The van der Waals surface area contributed by atoms with E-state index in [-0.39, 0.29) is 18.9 Å². The van der Waals surface area contributed by atoms with Crippen molar-refractivity contribution in [1.82, 2.24) is 10.2 Å². The van der Waals surface area contributed by atoms with Gasteiger partial charge in [0.05, 0.1) is 12.7 Å². The van der Waals surface area contributed by atoms with Crippen LogP contribution in [0.2, 0.25) is 0 Å². The first kappa shape index (κ1) is 12.3. The van der Waals surface area contributed by atoms with E-state index in [1.165, 1.54) is 4.90 Å². The molecule has 2 saturated heterocycles. The van der Waals surface area contributed by atoms with Gasteiger partial charge in [-0.3, -0.25) is 4.79 Å². The van der Waals surface area contributed by atoms with Crippen LogP contribution in [0.3, 0.4) is 0 Å². The van der Waals surface area contributed by atoms with Crippen LogP contribution in [0.15, 0.2) is 0 Å². The number of aliphatic carboxylic acids is 1. The summed E-state index contributed by atoms with van der Waals surface area (Å²) in [6, 6.07) is -0.942. The van der Waals surface area contributed by atoms with Crippen LogP contribution in [0.5, 0.6) is 0 Å². The molecule has 0 aromatic rings. The highest BCUT2D eigenvalue weighted by molar-refractivity contribution is 5.87. The number of carbonyl (C=O) groups is 2. The number of rotatable bonds is 2. The maximum atomic E-state index is 12.0. The van der Waals surface area contributed by atoms with Crippen molar-refractivity contribution in [3.05, 3.63) is 0 Å². The second kappa shape index (κ2) is 4.99. The van der Waals surface area contributed by atoms with Gasteiger partial charge in [0, 0.05) is 26.1 Å². The number of likely N-dealkylation sites (tertiary alicyclic amines) is 1. The first-order chi connectivity index (χ1) is 8.09. The number of β-amino-alcohol motifs (C(OH)–C–C–N with tert-alkyl or cyclic N) is 1. The molecule has 0 bridgehead atoms. The van der Waals surface area contributed by atoms with E-state index >= 15 is 0 Å². The zero-order valence-electron chi connectivity index (χ0n) is 9.33. The number of carboxylic acids is 1. The highest BCUT2D eigenvalue weighted by Crippen LogP contribution is 2.20. The molecular weight excluding hydrogens is 228 g/mol. The molecule has 96 valence electrons. The molecule has 3 N–H and O–H groups in total. The lowest BCUT2D eigenvalue weighted by Gasteiger charge is -2.29. The molecule has 2 heterocycles. The van der Waals surface area contributed by atoms with E-state index in [1.807, 2.05) is 0 Å². The van der Waals surface area contributed by atoms with Crippen LogP contribution >= 0.6 is 0 Å². The van der Waals surface area contributed by atoms with Gasteiger partial charge in [-0.2, -0.15) is 0 Å². The summed E-state index contributed by atoms with van der Waals surface area (Å²) in [5.74, 6) is -1.44. The van der Waals surface area contributed by atoms with Crippen LogP contribution in [0.25, 0.3) is 0 Å². The molecule has 1 amide bonds. The van der Waals surface area contributed by atoms with Gasteiger partial charge in [-0.05, 0) is 0 Å². The third kappa shape index (κ3) is 2.56. The minimum atomic E-state index is -1.08. The minimum Gasteiger partial charge on any atom is -0.480 e. The average Bonchev–Trinajstić information content (AvgIpc) is 2.72. The van der Waals surface area contributed by atoms with Crippen LogP contribution in [-0.4, -0.2) is 71.5 Å². The first-order valence-corrected chi connectivity index (χ1v) is 5.63. The van der Waals surface area contributed by atoms with Gasteiger partial charge in [0.25, 0.3) is 5.91 Å². The van der Waals surface area contributed by atoms with Crippen molar-refractivity contribution in [3.63, 3.8) is 0 Å². The number of hydrogen-bond acceptors (Lipinski definition) is 5. The molecule has 2 aliphatic heterocycles. The van der Waals surface area contributed by atoms with Crippen molar-refractivity contribution in [3.8, 4) is 0 Å². The zero-order valence-corrected chi connectivity index (χ0v) is 9.33. The monoisotopic (exact) mass is 244 g/mol. The molecule has 2 aliphatic rings. The lowest BCUT2D eigenvalue weighted by molar-refractivity contribution is -0.154. The number of nitrogens with one attached hydrogen (secondary N) is 1. The number of aliphatic hydroxyl groups is 1. The van der Waals surface area contributed by atoms with Crippen molar-refractivity contribution in [1.29, 1.82) is 0 Å².